The van der Waals surface area contributed by atoms with Crippen LogP contribution < -0.4 is 0 Å². The quantitative estimate of drug-likeness (QED) is 0.619. The minimum absolute atomic E-state index is 0.161. The average molecular weight is 252 g/mol. The Morgan fingerprint density at radius 2 is 2.27 bits per heavy atom. The molecule has 1 rings (SSSR count). The van der Waals surface area contributed by atoms with Gasteiger partial charge in [-0.05, 0) is 6.42 Å². The molecule has 0 fully saturated rings. The number of hydrogen-bond acceptors (Lipinski definition) is 6. The Balaban J connectivity index is 2.58. The second-order valence-corrected chi connectivity index (χ2v) is 5.67. The lowest BCUT2D eigenvalue weighted by molar-refractivity contribution is 0.458. The summed E-state index contributed by atoms with van der Waals surface area (Å²) in [5.41, 5.74) is 0. The Morgan fingerprint density at radius 1 is 1.60 bits per heavy atom. The van der Waals surface area contributed by atoms with E-state index in [0.29, 0.717) is 0 Å². The van der Waals surface area contributed by atoms with E-state index in [4.69, 9.17) is 0 Å². The lowest BCUT2D eigenvalue weighted by Crippen LogP contribution is -2.10. The van der Waals surface area contributed by atoms with Gasteiger partial charge in [0.15, 0.2) is 0 Å². The van der Waals surface area contributed by atoms with E-state index in [1.54, 1.807) is 0 Å². The molecule has 0 aliphatic carbocycles. The monoisotopic (exact) mass is 252 g/mol. The van der Waals surface area contributed by atoms with Gasteiger partial charge in [0.25, 0.3) is 0 Å². The molecule has 0 N–H and O–H groups in total. The van der Waals surface area contributed by atoms with Gasteiger partial charge in [-0.1, -0.05) is 0 Å². The van der Waals surface area contributed by atoms with Crippen molar-refractivity contribution in [1.29, 1.82) is 0 Å². The van der Waals surface area contributed by atoms with Crippen LogP contribution in [0.25, 0.3) is 0 Å². The zero-order valence-corrected chi connectivity index (χ0v) is 9.62. The van der Waals surface area contributed by atoms with Crippen LogP contribution in [-0.4, -0.2) is 44.0 Å². The van der Waals surface area contributed by atoms with Gasteiger partial charge < -0.3 is 9.12 Å². The van der Waals surface area contributed by atoms with Gasteiger partial charge in [0.2, 0.25) is 5.16 Å². The summed E-state index contributed by atoms with van der Waals surface area (Å²) in [5.74, 6) is -0.443. The Hall–Kier alpha value is -0.800. The highest BCUT2D eigenvalue weighted by Crippen LogP contribution is 2.02. The van der Waals surface area contributed by atoms with Crippen LogP contribution in [-0.2, 0) is 27.5 Å². The lowest BCUT2D eigenvalue weighted by atomic mass is 10.5. The van der Waals surface area contributed by atoms with Crippen molar-refractivity contribution in [3.8, 4) is 0 Å². The van der Waals surface area contributed by atoms with E-state index in [1.807, 2.05) is 0 Å². The molecule has 1 aromatic rings. The number of aromatic nitrogens is 3. The number of hydrogen-bond donors (Lipinski definition) is 0. The maximum absolute atomic E-state index is 11.1. The molecule has 1 aromatic heterocycles. The minimum atomic E-state index is -4.19. The zero-order valence-electron chi connectivity index (χ0n) is 7.99. The predicted octanol–water partition coefficient (Wildman–Crippen LogP) is -1.05. The maximum Gasteiger partial charge on any atom is 0.221 e. The van der Waals surface area contributed by atoms with Gasteiger partial charge in [-0.25, -0.2) is 8.42 Å². The Morgan fingerprint density at radius 3 is 2.80 bits per heavy atom. The number of aryl methyl sites for hydroxylation is 1. The summed E-state index contributed by atoms with van der Waals surface area (Å²) in [6.45, 7) is 0.267. The van der Waals surface area contributed by atoms with Gasteiger partial charge in [-0.3, -0.25) is 4.21 Å². The average Bonchev–Trinajstić information content (AvgIpc) is 2.49. The smallest absolute Gasteiger partial charge is 0.221 e. The molecule has 0 saturated heterocycles. The first-order valence-corrected chi connectivity index (χ1v) is 7.18. The summed E-state index contributed by atoms with van der Waals surface area (Å²) in [4.78, 5) is 0. The van der Waals surface area contributed by atoms with Crippen molar-refractivity contribution in [1.82, 2.24) is 14.8 Å². The molecule has 0 aliphatic rings. The molecule has 15 heavy (non-hydrogen) atoms. The summed E-state index contributed by atoms with van der Waals surface area (Å²) < 4.78 is 43.5. The van der Waals surface area contributed by atoms with Crippen LogP contribution in [0.1, 0.15) is 6.42 Å². The van der Waals surface area contributed by atoms with E-state index in [-0.39, 0.29) is 18.1 Å². The topological polar surface area (TPSA) is 105 Å². The molecule has 0 saturated carbocycles. The summed E-state index contributed by atoms with van der Waals surface area (Å²) in [7, 11) is -5.46. The second kappa shape index (κ2) is 4.81. The molecule has 0 aliphatic heterocycles. The van der Waals surface area contributed by atoms with Gasteiger partial charge in [-0.2, -0.15) is 0 Å². The molecule has 0 spiro atoms. The maximum atomic E-state index is 11.1. The highest BCUT2D eigenvalue weighted by Gasteiger charge is 2.07. The van der Waals surface area contributed by atoms with Crippen molar-refractivity contribution in [2.75, 3.05) is 12.0 Å². The summed E-state index contributed by atoms with van der Waals surface area (Å²) >= 11 is 0. The van der Waals surface area contributed by atoms with E-state index in [9.17, 15) is 17.2 Å². The molecule has 86 valence electrons. The fourth-order valence-electron chi connectivity index (χ4n) is 1.03. The van der Waals surface area contributed by atoms with E-state index >= 15 is 0 Å². The Bertz CT molecular complexity index is 453. The largest absolute Gasteiger partial charge is 0.748 e. The molecule has 7 nitrogen and oxygen atoms in total. The molecule has 1 unspecified atom stereocenters. The first-order chi connectivity index (χ1) is 6.90. The molecule has 0 bridgehead atoms. The van der Waals surface area contributed by atoms with Gasteiger partial charge in [0.1, 0.15) is 6.33 Å². The third-order valence-electron chi connectivity index (χ3n) is 1.63. The third-order valence-corrected chi connectivity index (χ3v) is 3.25. The molecule has 0 amide bonds. The Kier molecular flexibility index (Phi) is 3.94. The van der Waals surface area contributed by atoms with Gasteiger partial charge in [-0.15, -0.1) is 10.2 Å². The molecule has 1 atom stereocenters. The van der Waals surface area contributed by atoms with Crippen LogP contribution in [0.2, 0.25) is 0 Å². The normalized spacial score (nSPS) is 14.0. The van der Waals surface area contributed by atoms with Crippen molar-refractivity contribution in [3.05, 3.63) is 6.33 Å². The fraction of sp³-hybridized carbons (Fsp3) is 0.667. The molecule has 0 aromatic carbocycles. The number of nitrogens with zero attached hydrogens (tertiary/aromatic N) is 3. The molecular weight excluding hydrogens is 242 g/mol. The first-order valence-electron chi connectivity index (χ1n) is 4.05. The van der Waals surface area contributed by atoms with Crippen molar-refractivity contribution in [3.63, 3.8) is 0 Å². The number of rotatable bonds is 5. The summed E-state index contributed by atoms with van der Waals surface area (Å²) in [5, 5.41) is 7.44. The molecule has 9 heteroatoms. The van der Waals surface area contributed by atoms with Crippen molar-refractivity contribution < 1.29 is 17.2 Å². The van der Waals surface area contributed by atoms with Crippen molar-refractivity contribution in [2.24, 2.45) is 0 Å². The van der Waals surface area contributed by atoms with Gasteiger partial charge in [0, 0.05) is 18.6 Å². The molecule has 1 heterocycles. The Labute approximate surface area is 89.7 Å². The van der Waals surface area contributed by atoms with E-state index < -0.39 is 26.7 Å². The van der Waals surface area contributed by atoms with Gasteiger partial charge in [0.05, 0.1) is 20.9 Å². The van der Waals surface area contributed by atoms with Crippen LogP contribution in [0, 0.1) is 0 Å². The molecule has 0 radical (unpaired) electrons. The highest BCUT2D eigenvalue weighted by molar-refractivity contribution is 7.85. The zero-order chi connectivity index (χ0) is 11.5. The third kappa shape index (κ3) is 4.06. The lowest BCUT2D eigenvalue weighted by Gasteiger charge is -2.07. The van der Waals surface area contributed by atoms with E-state index in [2.05, 4.69) is 10.2 Å². The van der Waals surface area contributed by atoms with Crippen LogP contribution in [0.4, 0.5) is 0 Å². The highest BCUT2D eigenvalue weighted by atomic mass is 32.2. The summed E-state index contributed by atoms with van der Waals surface area (Å²) in [6, 6.07) is 0. The van der Waals surface area contributed by atoms with E-state index in [1.165, 1.54) is 17.2 Å². The van der Waals surface area contributed by atoms with E-state index in [0.717, 1.165) is 0 Å². The van der Waals surface area contributed by atoms with Crippen molar-refractivity contribution in [2.45, 2.75) is 18.1 Å². The summed E-state index contributed by atoms with van der Waals surface area (Å²) in [6.07, 6.45) is 2.97. The SMILES string of the molecule is CS(=O)c1nncn1CCCS(=O)(=O)[O-]. The minimum Gasteiger partial charge on any atom is -0.748 e. The standard InChI is InChI=1S/C6H11N3O4S2/c1-14(10)6-8-7-5-9(6)3-2-4-15(11,12)13/h5H,2-4H2,1H3,(H,11,12,13)/p-1. The second-order valence-electron chi connectivity index (χ2n) is 2.88. The first kappa shape index (κ1) is 12.3. The predicted molar refractivity (Wildman–Crippen MR) is 51.5 cm³/mol. The van der Waals surface area contributed by atoms with Crippen molar-refractivity contribution >= 4 is 20.9 Å². The van der Waals surface area contributed by atoms with Crippen LogP contribution in [0.3, 0.4) is 0 Å². The molecular formula is C6H10N3O4S2-. The fourth-order valence-corrected chi connectivity index (χ4v) is 2.15. The van der Waals surface area contributed by atoms with Crippen LogP contribution in [0.15, 0.2) is 11.5 Å². The van der Waals surface area contributed by atoms with Crippen LogP contribution in [0.5, 0.6) is 0 Å². The van der Waals surface area contributed by atoms with Crippen LogP contribution >= 0.6 is 0 Å². The van der Waals surface area contributed by atoms with Gasteiger partial charge >= 0.3 is 0 Å².